The SMILES string of the molecule is CN(Cc1ccccc1NCc1cccc(C(=O)O)c1)C1CCCCC1. The number of aromatic carboxylic acids is 1. The quantitative estimate of drug-likeness (QED) is 0.754. The van der Waals surface area contributed by atoms with Gasteiger partial charge >= 0.3 is 5.97 Å². The van der Waals surface area contributed by atoms with Crippen molar-refractivity contribution in [2.24, 2.45) is 0 Å². The molecule has 0 aliphatic heterocycles. The van der Waals surface area contributed by atoms with E-state index < -0.39 is 5.97 Å². The van der Waals surface area contributed by atoms with E-state index >= 15 is 0 Å². The Morgan fingerprint density at radius 2 is 1.88 bits per heavy atom. The lowest BCUT2D eigenvalue weighted by Gasteiger charge is -2.31. The second-order valence-corrected chi connectivity index (χ2v) is 7.22. The minimum atomic E-state index is -0.888. The van der Waals surface area contributed by atoms with Crippen molar-refractivity contribution in [1.29, 1.82) is 0 Å². The van der Waals surface area contributed by atoms with Crippen LogP contribution >= 0.6 is 0 Å². The Morgan fingerprint density at radius 3 is 2.65 bits per heavy atom. The van der Waals surface area contributed by atoms with Gasteiger partial charge < -0.3 is 10.4 Å². The van der Waals surface area contributed by atoms with Crippen LogP contribution in [0.1, 0.15) is 53.6 Å². The summed E-state index contributed by atoms with van der Waals surface area (Å²) in [5, 5.41) is 12.6. The van der Waals surface area contributed by atoms with Gasteiger partial charge in [-0.15, -0.1) is 0 Å². The van der Waals surface area contributed by atoms with E-state index in [4.69, 9.17) is 5.11 Å². The third-order valence-corrected chi connectivity index (χ3v) is 5.29. The summed E-state index contributed by atoms with van der Waals surface area (Å²) in [5.41, 5.74) is 3.71. The molecule has 0 atom stereocenters. The smallest absolute Gasteiger partial charge is 0.335 e. The molecule has 2 aromatic rings. The number of carboxylic acids is 1. The highest BCUT2D eigenvalue weighted by molar-refractivity contribution is 5.87. The van der Waals surface area contributed by atoms with Gasteiger partial charge in [0, 0.05) is 24.8 Å². The number of carboxylic acid groups (broad SMARTS) is 1. The topological polar surface area (TPSA) is 52.6 Å². The maximum atomic E-state index is 11.1. The van der Waals surface area contributed by atoms with Crippen LogP contribution in [0.3, 0.4) is 0 Å². The first-order chi connectivity index (χ1) is 12.6. The molecular formula is C22H28N2O2. The molecule has 0 bridgehead atoms. The van der Waals surface area contributed by atoms with E-state index in [-0.39, 0.29) is 0 Å². The van der Waals surface area contributed by atoms with Crippen molar-refractivity contribution in [2.45, 2.75) is 51.2 Å². The van der Waals surface area contributed by atoms with Gasteiger partial charge in [0.05, 0.1) is 5.56 Å². The fraction of sp³-hybridized carbons (Fsp3) is 0.409. The largest absolute Gasteiger partial charge is 0.478 e. The molecule has 4 heteroatoms. The molecule has 0 radical (unpaired) electrons. The summed E-state index contributed by atoms with van der Waals surface area (Å²) in [4.78, 5) is 13.6. The number of rotatable bonds is 7. The van der Waals surface area contributed by atoms with E-state index in [1.165, 1.54) is 37.7 Å². The van der Waals surface area contributed by atoms with Crippen LogP contribution in [0, 0.1) is 0 Å². The molecule has 2 N–H and O–H groups in total. The molecule has 26 heavy (non-hydrogen) atoms. The molecule has 0 aromatic heterocycles. The number of carbonyl (C=O) groups is 1. The Kier molecular flexibility index (Phi) is 6.29. The van der Waals surface area contributed by atoms with Crippen LogP contribution in [-0.4, -0.2) is 29.1 Å². The Morgan fingerprint density at radius 1 is 1.12 bits per heavy atom. The van der Waals surface area contributed by atoms with E-state index in [1.54, 1.807) is 18.2 Å². The molecule has 138 valence electrons. The van der Waals surface area contributed by atoms with Gasteiger partial charge in [0.15, 0.2) is 0 Å². The van der Waals surface area contributed by atoms with Crippen molar-refractivity contribution in [1.82, 2.24) is 4.90 Å². The summed E-state index contributed by atoms with van der Waals surface area (Å²) in [6.07, 6.45) is 6.66. The van der Waals surface area contributed by atoms with Gasteiger partial charge in [-0.05, 0) is 49.2 Å². The van der Waals surface area contributed by atoms with Crippen molar-refractivity contribution >= 4 is 11.7 Å². The van der Waals surface area contributed by atoms with Crippen molar-refractivity contribution in [3.8, 4) is 0 Å². The van der Waals surface area contributed by atoms with Crippen LogP contribution in [0.15, 0.2) is 48.5 Å². The minimum Gasteiger partial charge on any atom is -0.478 e. The zero-order valence-corrected chi connectivity index (χ0v) is 15.4. The van der Waals surface area contributed by atoms with Gasteiger partial charge in [0.2, 0.25) is 0 Å². The average molecular weight is 352 g/mol. The molecule has 1 saturated carbocycles. The average Bonchev–Trinajstić information content (AvgIpc) is 2.68. The summed E-state index contributed by atoms with van der Waals surface area (Å²) in [6.45, 7) is 1.55. The predicted molar refractivity (Wildman–Crippen MR) is 106 cm³/mol. The predicted octanol–water partition coefficient (Wildman–Crippen LogP) is 4.76. The molecule has 1 aliphatic rings. The van der Waals surface area contributed by atoms with E-state index in [9.17, 15) is 4.79 Å². The maximum absolute atomic E-state index is 11.1. The van der Waals surface area contributed by atoms with Crippen LogP contribution in [0.4, 0.5) is 5.69 Å². The third-order valence-electron chi connectivity index (χ3n) is 5.29. The number of para-hydroxylation sites is 1. The van der Waals surface area contributed by atoms with Crippen molar-refractivity contribution < 1.29 is 9.90 Å². The highest BCUT2D eigenvalue weighted by atomic mass is 16.4. The fourth-order valence-electron chi connectivity index (χ4n) is 3.76. The van der Waals surface area contributed by atoms with Crippen LogP contribution < -0.4 is 5.32 Å². The monoisotopic (exact) mass is 352 g/mol. The highest BCUT2D eigenvalue weighted by Crippen LogP contribution is 2.25. The first kappa shape index (κ1) is 18.5. The lowest BCUT2D eigenvalue weighted by atomic mass is 9.94. The molecule has 2 aromatic carbocycles. The summed E-state index contributed by atoms with van der Waals surface area (Å²) in [5.74, 6) is -0.888. The Balaban J connectivity index is 1.65. The van der Waals surface area contributed by atoms with Gasteiger partial charge in [0.25, 0.3) is 0 Å². The molecule has 3 rings (SSSR count). The van der Waals surface area contributed by atoms with Crippen LogP contribution in [0.5, 0.6) is 0 Å². The van der Waals surface area contributed by atoms with Crippen molar-refractivity contribution in [2.75, 3.05) is 12.4 Å². The molecule has 0 heterocycles. The number of nitrogens with one attached hydrogen (secondary N) is 1. The molecule has 4 nitrogen and oxygen atoms in total. The Labute approximate surface area is 155 Å². The molecule has 0 unspecified atom stereocenters. The molecule has 1 aliphatic carbocycles. The standard InChI is InChI=1S/C22H28N2O2/c1-24(20-11-3-2-4-12-20)16-19-9-5-6-13-21(19)23-15-17-8-7-10-18(14-17)22(25)26/h5-10,13-14,20,23H,2-4,11-12,15-16H2,1H3,(H,25,26). The number of anilines is 1. The molecule has 0 saturated heterocycles. The highest BCUT2D eigenvalue weighted by Gasteiger charge is 2.18. The normalized spacial score (nSPS) is 15.2. The number of benzene rings is 2. The Hall–Kier alpha value is -2.33. The minimum absolute atomic E-state index is 0.328. The van der Waals surface area contributed by atoms with Gasteiger partial charge in [-0.3, -0.25) is 4.90 Å². The summed E-state index contributed by atoms with van der Waals surface area (Å²) in [6, 6.07) is 16.2. The molecule has 1 fully saturated rings. The first-order valence-electron chi connectivity index (χ1n) is 9.48. The second-order valence-electron chi connectivity index (χ2n) is 7.22. The third kappa shape index (κ3) is 4.85. The number of hydrogen-bond acceptors (Lipinski definition) is 3. The van der Waals surface area contributed by atoms with Crippen molar-refractivity contribution in [3.63, 3.8) is 0 Å². The fourth-order valence-corrected chi connectivity index (χ4v) is 3.76. The second kappa shape index (κ2) is 8.86. The zero-order valence-electron chi connectivity index (χ0n) is 15.4. The summed E-state index contributed by atoms with van der Waals surface area (Å²) < 4.78 is 0. The van der Waals surface area contributed by atoms with Gasteiger partial charge in [-0.25, -0.2) is 4.79 Å². The van der Waals surface area contributed by atoms with Crippen LogP contribution in [0.25, 0.3) is 0 Å². The first-order valence-corrected chi connectivity index (χ1v) is 9.48. The summed E-state index contributed by atoms with van der Waals surface area (Å²) >= 11 is 0. The molecular weight excluding hydrogens is 324 g/mol. The van der Waals surface area contributed by atoms with Gasteiger partial charge in [0.1, 0.15) is 0 Å². The van der Waals surface area contributed by atoms with Crippen LogP contribution in [-0.2, 0) is 13.1 Å². The molecule has 0 spiro atoms. The molecule has 0 amide bonds. The Bertz CT molecular complexity index is 738. The number of hydrogen-bond donors (Lipinski definition) is 2. The van der Waals surface area contributed by atoms with E-state index in [0.29, 0.717) is 18.2 Å². The number of nitrogens with zero attached hydrogens (tertiary/aromatic N) is 1. The van der Waals surface area contributed by atoms with Gasteiger partial charge in [-0.1, -0.05) is 49.6 Å². The lowest BCUT2D eigenvalue weighted by molar-refractivity contribution is 0.0696. The van der Waals surface area contributed by atoms with Gasteiger partial charge in [-0.2, -0.15) is 0 Å². The lowest BCUT2D eigenvalue weighted by Crippen LogP contribution is -2.33. The van der Waals surface area contributed by atoms with Crippen LogP contribution in [0.2, 0.25) is 0 Å². The van der Waals surface area contributed by atoms with E-state index in [2.05, 4.69) is 35.5 Å². The maximum Gasteiger partial charge on any atom is 0.335 e. The zero-order chi connectivity index (χ0) is 18.4. The summed E-state index contributed by atoms with van der Waals surface area (Å²) in [7, 11) is 2.23. The van der Waals surface area contributed by atoms with Crippen molar-refractivity contribution in [3.05, 3.63) is 65.2 Å². The van der Waals surface area contributed by atoms with E-state index in [1.807, 2.05) is 12.1 Å². The van der Waals surface area contributed by atoms with E-state index in [0.717, 1.165) is 17.8 Å².